The molecular weight excluding hydrogens is 359 g/mol. The van der Waals surface area contributed by atoms with Crippen LogP contribution in [-0.4, -0.2) is 11.0 Å². The molecule has 0 bridgehead atoms. The number of methoxy groups -OCH3 is 1. The molecule has 1 aromatic rings. The van der Waals surface area contributed by atoms with E-state index in [4.69, 9.17) is 4.74 Å². The van der Waals surface area contributed by atoms with Crippen LogP contribution in [0.3, 0.4) is 0 Å². The van der Waals surface area contributed by atoms with Gasteiger partial charge in [-0.1, -0.05) is 49.4 Å². The van der Waals surface area contributed by atoms with Crippen molar-refractivity contribution in [1.29, 1.82) is 0 Å². The average molecular weight is 384 g/mol. The fourth-order valence-corrected chi connectivity index (χ4v) is 5.53. The summed E-state index contributed by atoms with van der Waals surface area (Å²) < 4.78 is 6.21. The van der Waals surface area contributed by atoms with Crippen LogP contribution in [0.25, 0.3) is 0 Å². The van der Waals surface area contributed by atoms with Crippen LogP contribution in [0.2, 0.25) is 0 Å². The standard InChI is InChI=1S/C18H25IO/c1-17(2)15-8-5-12-11-13(20-4)6-7-14(12)18(15,3)10-9-16(17)19/h6-7,11,15-16H,5,8-10H2,1-4H3/t15-,16-,18+/m0/s1. The number of hydrogen-bond acceptors (Lipinski definition) is 1. The molecule has 0 spiro atoms. The number of fused-ring (bicyclic) bond motifs is 3. The van der Waals surface area contributed by atoms with Crippen molar-refractivity contribution in [3.05, 3.63) is 29.3 Å². The third-order valence-electron chi connectivity index (χ3n) is 6.02. The van der Waals surface area contributed by atoms with Gasteiger partial charge in [0, 0.05) is 3.92 Å². The summed E-state index contributed by atoms with van der Waals surface area (Å²) in [5, 5.41) is 0. The minimum absolute atomic E-state index is 0.352. The van der Waals surface area contributed by atoms with Gasteiger partial charge in [-0.2, -0.15) is 0 Å². The predicted molar refractivity (Wildman–Crippen MR) is 93.0 cm³/mol. The zero-order valence-corrected chi connectivity index (χ0v) is 15.2. The molecule has 2 aliphatic rings. The summed E-state index contributed by atoms with van der Waals surface area (Å²) in [6.07, 6.45) is 5.20. The molecule has 1 fully saturated rings. The third-order valence-corrected chi connectivity index (χ3v) is 8.25. The summed E-state index contributed by atoms with van der Waals surface area (Å²) in [7, 11) is 1.76. The molecule has 0 unspecified atom stereocenters. The zero-order chi connectivity index (χ0) is 14.5. The van der Waals surface area contributed by atoms with Crippen LogP contribution in [0, 0.1) is 11.3 Å². The maximum Gasteiger partial charge on any atom is 0.119 e. The van der Waals surface area contributed by atoms with E-state index in [2.05, 4.69) is 61.6 Å². The van der Waals surface area contributed by atoms with Gasteiger partial charge in [0.2, 0.25) is 0 Å². The SMILES string of the molecule is COc1ccc2c(c1)CC[C@H]1C(C)(C)[C@@H](I)CC[C@]21C. The van der Waals surface area contributed by atoms with Crippen LogP contribution in [0.4, 0.5) is 0 Å². The Bertz CT molecular complexity index is 522. The largest absolute Gasteiger partial charge is 0.497 e. The summed E-state index contributed by atoms with van der Waals surface area (Å²) in [5.74, 6) is 1.80. The maximum absolute atomic E-state index is 5.41. The van der Waals surface area contributed by atoms with E-state index in [1.165, 1.54) is 31.2 Å². The Morgan fingerprint density at radius 2 is 1.95 bits per heavy atom. The smallest absolute Gasteiger partial charge is 0.119 e. The molecule has 1 saturated carbocycles. The lowest BCUT2D eigenvalue weighted by Gasteiger charge is -2.56. The molecule has 0 aliphatic heterocycles. The van der Waals surface area contributed by atoms with Crippen molar-refractivity contribution in [2.75, 3.05) is 7.11 Å². The lowest BCUT2D eigenvalue weighted by Crippen LogP contribution is -2.52. The van der Waals surface area contributed by atoms with Gasteiger partial charge in [-0.05, 0) is 65.7 Å². The van der Waals surface area contributed by atoms with Crippen LogP contribution < -0.4 is 4.74 Å². The van der Waals surface area contributed by atoms with Crippen LogP contribution in [0.15, 0.2) is 18.2 Å². The van der Waals surface area contributed by atoms with Crippen molar-refractivity contribution >= 4 is 22.6 Å². The van der Waals surface area contributed by atoms with E-state index in [9.17, 15) is 0 Å². The number of benzene rings is 1. The Morgan fingerprint density at radius 3 is 2.65 bits per heavy atom. The Balaban J connectivity index is 2.07. The highest BCUT2D eigenvalue weighted by molar-refractivity contribution is 14.1. The zero-order valence-electron chi connectivity index (χ0n) is 13.0. The lowest BCUT2D eigenvalue weighted by molar-refractivity contribution is 0.0520. The third kappa shape index (κ3) is 2.01. The molecule has 3 rings (SSSR count). The average Bonchev–Trinajstić information content (AvgIpc) is 2.43. The lowest BCUT2D eigenvalue weighted by atomic mass is 9.50. The molecule has 0 N–H and O–H groups in total. The van der Waals surface area contributed by atoms with Crippen LogP contribution in [0.1, 0.15) is 51.2 Å². The Hall–Kier alpha value is -0.250. The van der Waals surface area contributed by atoms with Crippen molar-refractivity contribution in [1.82, 2.24) is 0 Å². The van der Waals surface area contributed by atoms with Crippen molar-refractivity contribution in [3.8, 4) is 5.75 Å². The van der Waals surface area contributed by atoms with Crippen molar-refractivity contribution < 1.29 is 4.74 Å². The van der Waals surface area contributed by atoms with Crippen molar-refractivity contribution in [2.24, 2.45) is 11.3 Å². The van der Waals surface area contributed by atoms with E-state index in [1.54, 1.807) is 12.7 Å². The van der Waals surface area contributed by atoms with Gasteiger partial charge in [0.15, 0.2) is 0 Å². The quantitative estimate of drug-likeness (QED) is 0.481. The van der Waals surface area contributed by atoms with Crippen molar-refractivity contribution in [3.63, 3.8) is 0 Å². The number of ether oxygens (including phenoxy) is 1. The second-order valence-corrected chi connectivity index (χ2v) is 8.86. The highest BCUT2D eigenvalue weighted by Gasteiger charge is 2.52. The van der Waals surface area contributed by atoms with Crippen LogP contribution >= 0.6 is 22.6 Å². The molecule has 0 amide bonds. The molecule has 2 heteroatoms. The summed E-state index contributed by atoms with van der Waals surface area (Å²) in [5.41, 5.74) is 3.90. The van der Waals surface area contributed by atoms with Gasteiger partial charge < -0.3 is 4.74 Å². The first-order valence-electron chi connectivity index (χ1n) is 7.71. The first-order valence-corrected chi connectivity index (χ1v) is 8.95. The summed E-state index contributed by atoms with van der Waals surface area (Å²) in [4.78, 5) is 0. The number of aryl methyl sites for hydroxylation is 1. The van der Waals surface area contributed by atoms with E-state index in [-0.39, 0.29) is 0 Å². The molecule has 2 aliphatic carbocycles. The molecule has 1 aromatic carbocycles. The molecule has 20 heavy (non-hydrogen) atoms. The minimum Gasteiger partial charge on any atom is -0.497 e. The van der Waals surface area contributed by atoms with E-state index >= 15 is 0 Å². The van der Waals surface area contributed by atoms with Gasteiger partial charge in [-0.25, -0.2) is 0 Å². The van der Waals surface area contributed by atoms with Gasteiger partial charge in [0.25, 0.3) is 0 Å². The number of halogens is 1. The topological polar surface area (TPSA) is 9.23 Å². The Kier molecular flexibility index (Phi) is 3.59. The fourth-order valence-electron chi connectivity index (χ4n) is 4.79. The van der Waals surface area contributed by atoms with Gasteiger partial charge in [-0.15, -0.1) is 0 Å². The summed E-state index contributed by atoms with van der Waals surface area (Å²) >= 11 is 2.69. The molecular formula is C18H25IO. The monoisotopic (exact) mass is 384 g/mol. The molecule has 0 heterocycles. The number of alkyl halides is 1. The first kappa shape index (κ1) is 14.7. The Labute approximate surface area is 136 Å². The van der Waals surface area contributed by atoms with Gasteiger partial charge in [0.1, 0.15) is 5.75 Å². The summed E-state index contributed by atoms with van der Waals surface area (Å²) in [6, 6.07) is 6.75. The highest BCUT2D eigenvalue weighted by atomic mass is 127. The molecule has 110 valence electrons. The second kappa shape index (κ2) is 4.89. The van der Waals surface area contributed by atoms with Gasteiger partial charge in [0.05, 0.1) is 7.11 Å². The fraction of sp³-hybridized carbons (Fsp3) is 0.667. The van der Waals surface area contributed by atoms with E-state index < -0.39 is 0 Å². The first-order chi connectivity index (χ1) is 9.39. The summed E-state index contributed by atoms with van der Waals surface area (Å²) in [6.45, 7) is 7.48. The number of rotatable bonds is 1. The highest BCUT2D eigenvalue weighted by Crippen LogP contribution is 2.58. The second-order valence-electron chi connectivity index (χ2n) is 7.36. The van der Waals surface area contributed by atoms with Gasteiger partial charge in [-0.3, -0.25) is 0 Å². The molecule has 0 radical (unpaired) electrons. The molecule has 0 aromatic heterocycles. The van der Waals surface area contributed by atoms with Crippen molar-refractivity contribution in [2.45, 2.75) is 55.8 Å². The normalized spacial score (nSPS) is 35.0. The molecule has 3 atom stereocenters. The van der Waals surface area contributed by atoms with E-state index in [0.29, 0.717) is 10.8 Å². The minimum atomic E-state index is 0.352. The van der Waals surface area contributed by atoms with Crippen LogP contribution in [-0.2, 0) is 11.8 Å². The number of hydrogen-bond donors (Lipinski definition) is 0. The maximum atomic E-state index is 5.41. The Morgan fingerprint density at radius 1 is 1.20 bits per heavy atom. The predicted octanol–water partition coefficient (Wildman–Crippen LogP) is 5.14. The molecule has 1 nitrogen and oxygen atoms in total. The van der Waals surface area contributed by atoms with Crippen LogP contribution in [0.5, 0.6) is 5.75 Å². The van der Waals surface area contributed by atoms with E-state index in [0.717, 1.165) is 15.6 Å². The van der Waals surface area contributed by atoms with Gasteiger partial charge >= 0.3 is 0 Å². The van der Waals surface area contributed by atoms with E-state index in [1.807, 2.05) is 0 Å². The molecule has 0 saturated heterocycles.